The van der Waals surface area contributed by atoms with E-state index in [0.29, 0.717) is 31.0 Å². The zero-order chi connectivity index (χ0) is 16.1. The number of rotatable bonds is 5. The Morgan fingerprint density at radius 2 is 2.04 bits per heavy atom. The minimum atomic E-state index is -0.0175. The van der Waals surface area contributed by atoms with Gasteiger partial charge in [0.25, 0.3) is 0 Å². The van der Waals surface area contributed by atoms with Crippen molar-refractivity contribution in [2.75, 3.05) is 13.1 Å². The molecule has 0 N–H and O–H groups in total. The van der Waals surface area contributed by atoms with E-state index in [4.69, 9.17) is 10.00 Å². The summed E-state index contributed by atoms with van der Waals surface area (Å²) in [7, 11) is 0. The number of carbonyl (C=O) groups is 1. The smallest absolute Gasteiger partial charge is 0.223 e. The SMILES string of the molecule is N#Cc1ccc(OC2CN(C(=O)CCc3ccccc3)C2)nc1. The second kappa shape index (κ2) is 6.93. The molecule has 0 spiro atoms. The number of pyridine rings is 1. The highest BCUT2D eigenvalue weighted by atomic mass is 16.5. The van der Waals surface area contributed by atoms with Gasteiger partial charge in [0.1, 0.15) is 12.2 Å². The molecule has 5 nitrogen and oxygen atoms in total. The molecule has 1 aromatic heterocycles. The molecular formula is C18H17N3O2. The van der Waals surface area contributed by atoms with E-state index in [9.17, 15) is 4.79 Å². The molecule has 1 fully saturated rings. The van der Waals surface area contributed by atoms with Crippen LogP contribution in [0.4, 0.5) is 0 Å². The Morgan fingerprint density at radius 3 is 2.70 bits per heavy atom. The number of amides is 1. The molecule has 2 heterocycles. The first kappa shape index (κ1) is 15.0. The molecule has 3 rings (SSSR count). The maximum Gasteiger partial charge on any atom is 0.223 e. The number of ether oxygens (including phenoxy) is 1. The van der Waals surface area contributed by atoms with Gasteiger partial charge in [0.15, 0.2) is 0 Å². The van der Waals surface area contributed by atoms with Crippen LogP contribution in [0.5, 0.6) is 5.88 Å². The van der Waals surface area contributed by atoms with Crippen molar-refractivity contribution in [2.45, 2.75) is 18.9 Å². The summed E-state index contributed by atoms with van der Waals surface area (Å²) < 4.78 is 5.68. The van der Waals surface area contributed by atoms with Crippen molar-refractivity contribution in [2.24, 2.45) is 0 Å². The fourth-order valence-electron chi connectivity index (χ4n) is 2.46. The second-order valence-corrected chi connectivity index (χ2v) is 5.52. The van der Waals surface area contributed by atoms with Crippen molar-refractivity contribution >= 4 is 5.91 Å². The summed E-state index contributed by atoms with van der Waals surface area (Å²) >= 11 is 0. The minimum absolute atomic E-state index is 0.0175. The van der Waals surface area contributed by atoms with Crippen molar-refractivity contribution in [3.8, 4) is 11.9 Å². The quantitative estimate of drug-likeness (QED) is 0.849. The number of benzene rings is 1. The lowest BCUT2D eigenvalue weighted by Crippen LogP contribution is -2.56. The fraction of sp³-hybridized carbons (Fsp3) is 0.278. The highest BCUT2D eigenvalue weighted by Gasteiger charge is 2.32. The van der Waals surface area contributed by atoms with Crippen LogP contribution in [0.25, 0.3) is 0 Å². The van der Waals surface area contributed by atoms with Gasteiger partial charge in [0, 0.05) is 18.7 Å². The van der Waals surface area contributed by atoms with Crippen LogP contribution in [-0.4, -0.2) is 35.0 Å². The molecule has 1 saturated heterocycles. The zero-order valence-corrected chi connectivity index (χ0v) is 12.7. The van der Waals surface area contributed by atoms with E-state index >= 15 is 0 Å². The molecule has 1 aliphatic heterocycles. The molecule has 0 atom stereocenters. The van der Waals surface area contributed by atoms with Crippen LogP contribution in [0.3, 0.4) is 0 Å². The van der Waals surface area contributed by atoms with Crippen molar-refractivity contribution in [3.05, 3.63) is 59.8 Å². The monoisotopic (exact) mass is 307 g/mol. The first-order chi connectivity index (χ1) is 11.2. The number of nitriles is 1. The van der Waals surface area contributed by atoms with Crippen LogP contribution in [0.15, 0.2) is 48.7 Å². The molecule has 116 valence electrons. The lowest BCUT2D eigenvalue weighted by molar-refractivity contribution is -0.140. The number of aromatic nitrogens is 1. The molecule has 1 aromatic carbocycles. The number of aryl methyl sites for hydroxylation is 1. The molecule has 0 aliphatic carbocycles. The van der Waals surface area contributed by atoms with Crippen LogP contribution in [0, 0.1) is 11.3 Å². The van der Waals surface area contributed by atoms with Gasteiger partial charge in [-0.05, 0) is 18.1 Å². The molecule has 1 amide bonds. The number of carbonyl (C=O) groups excluding carboxylic acids is 1. The van der Waals surface area contributed by atoms with Gasteiger partial charge in [-0.2, -0.15) is 5.26 Å². The topological polar surface area (TPSA) is 66.2 Å². The van der Waals surface area contributed by atoms with E-state index in [0.717, 1.165) is 6.42 Å². The van der Waals surface area contributed by atoms with Gasteiger partial charge >= 0.3 is 0 Å². The number of hydrogen-bond donors (Lipinski definition) is 0. The van der Waals surface area contributed by atoms with Crippen molar-refractivity contribution < 1.29 is 9.53 Å². The summed E-state index contributed by atoms with van der Waals surface area (Å²) in [5.74, 6) is 0.645. The van der Waals surface area contributed by atoms with E-state index < -0.39 is 0 Å². The maximum atomic E-state index is 12.1. The summed E-state index contributed by atoms with van der Waals surface area (Å²) in [5.41, 5.74) is 1.68. The minimum Gasteiger partial charge on any atom is -0.471 e. The normalized spacial score (nSPS) is 14.0. The van der Waals surface area contributed by atoms with Crippen LogP contribution in [0.1, 0.15) is 17.5 Å². The van der Waals surface area contributed by atoms with Crippen molar-refractivity contribution in [1.82, 2.24) is 9.88 Å². The van der Waals surface area contributed by atoms with Crippen LogP contribution in [0.2, 0.25) is 0 Å². The number of nitrogens with zero attached hydrogens (tertiary/aromatic N) is 3. The summed E-state index contributed by atoms with van der Waals surface area (Å²) in [4.78, 5) is 18.0. The van der Waals surface area contributed by atoms with Gasteiger partial charge in [-0.25, -0.2) is 4.98 Å². The van der Waals surface area contributed by atoms with Crippen molar-refractivity contribution in [1.29, 1.82) is 5.26 Å². The Hall–Kier alpha value is -2.87. The van der Waals surface area contributed by atoms with Gasteiger partial charge in [-0.15, -0.1) is 0 Å². The number of hydrogen-bond acceptors (Lipinski definition) is 4. The van der Waals surface area contributed by atoms with Gasteiger partial charge in [-0.3, -0.25) is 4.79 Å². The van der Waals surface area contributed by atoms with Gasteiger partial charge in [-0.1, -0.05) is 30.3 Å². The molecule has 0 saturated carbocycles. The highest BCUT2D eigenvalue weighted by Crippen LogP contribution is 2.17. The molecular weight excluding hydrogens is 290 g/mol. The summed E-state index contributed by atoms with van der Waals surface area (Å²) in [6.45, 7) is 1.19. The standard InChI is InChI=1S/C18H17N3O2/c19-10-15-6-8-17(20-11-15)23-16-12-21(13-16)18(22)9-7-14-4-2-1-3-5-14/h1-6,8,11,16H,7,9,12-13H2. The van der Waals surface area contributed by atoms with Crippen molar-refractivity contribution in [3.63, 3.8) is 0 Å². The summed E-state index contributed by atoms with van der Waals surface area (Å²) in [5, 5.41) is 8.72. The van der Waals surface area contributed by atoms with Crippen LogP contribution in [-0.2, 0) is 11.2 Å². The third kappa shape index (κ3) is 3.86. The summed E-state index contributed by atoms with van der Waals surface area (Å²) in [6.07, 6.45) is 2.75. The molecule has 1 aliphatic rings. The van der Waals surface area contributed by atoms with E-state index in [2.05, 4.69) is 4.98 Å². The second-order valence-electron chi connectivity index (χ2n) is 5.52. The van der Waals surface area contributed by atoms with E-state index in [-0.39, 0.29) is 12.0 Å². The first-order valence-electron chi connectivity index (χ1n) is 7.59. The Bertz CT molecular complexity index is 701. The van der Waals surface area contributed by atoms with E-state index in [1.165, 1.54) is 11.8 Å². The molecule has 0 unspecified atom stereocenters. The van der Waals surface area contributed by atoms with Gasteiger partial charge in [0.2, 0.25) is 11.8 Å². The summed E-state index contributed by atoms with van der Waals surface area (Å²) in [6, 6.07) is 15.4. The Labute approximate surface area is 135 Å². The fourth-order valence-corrected chi connectivity index (χ4v) is 2.46. The number of likely N-dealkylation sites (tertiary alicyclic amines) is 1. The Morgan fingerprint density at radius 1 is 1.26 bits per heavy atom. The third-order valence-corrected chi connectivity index (χ3v) is 3.82. The van der Waals surface area contributed by atoms with Crippen LogP contribution >= 0.6 is 0 Å². The average molecular weight is 307 g/mol. The average Bonchev–Trinajstić information content (AvgIpc) is 2.57. The zero-order valence-electron chi connectivity index (χ0n) is 12.7. The Balaban J connectivity index is 1.41. The van der Waals surface area contributed by atoms with Gasteiger partial charge < -0.3 is 9.64 Å². The largest absolute Gasteiger partial charge is 0.471 e. The predicted octanol–water partition coefficient (Wildman–Crippen LogP) is 2.18. The highest BCUT2D eigenvalue weighted by molar-refractivity contribution is 5.77. The lowest BCUT2D eigenvalue weighted by atomic mass is 10.1. The maximum absolute atomic E-state index is 12.1. The first-order valence-corrected chi connectivity index (χ1v) is 7.59. The molecule has 2 aromatic rings. The predicted molar refractivity (Wildman–Crippen MR) is 84.7 cm³/mol. The third-order valence-electron chi connectivity index (χ3n) is 3.82. The molecule has 0 radical (unpaired) electrons. The molecule has 0 bridgehead atoms. The van der Waals surface area contributed by atoms with E-state index in [1.54, 1.807) is 17.0 Å². The molecule has 5 heteroatoms. The lowest BCUT2D eigenvalue weighted by Gasteiger charge is -2.38. The van der Waals surface area contributed by atoms with Gasteiger partial charge in [0.05, 0.1) is 18.7 Å². The van der Waals surface area contributed by atoms with E-state index in [1.807, 2.05) is 36.4 Å². The van der Waals surface area contributed by atoms with Crippen LogP contribution < -0.4 is 4.74 Å². The molecule has 23 heavy (non-hydrogen) atoms. The Kier molecular flexibility index (Phi) is 4.53.